The molecule has 0 saturated heterocycles. The highest BCUT2D eigenvalue weighted by Crippen LogP contribution is 2.38. The number of aromatic amines is 1. The van der Waals surface area contributed by atoms with Crippen molar-refractivity contribution in [2.24, 2.45) is 5.92 Å². The molecule has 3 aromatic heterocycles. The summed E-state index contributed by atoms with van der Waals surface area (Å²) in [6.45, 7) is 0. The van der Waals surface area contributed by atoms with Crippen LogP contribution in [0.25, 0.3) is 16.8 Å². The van der Waals surface area contributed by atoms with Crippen LogP contribution >= 0.6 is 0 Å². The summed E-state index contributed by atoms with van der Waals surface area (Å²) in [6.07, 6.45) is 9.19. The van der Waals surface area contributed by atoms with Gasteiger partial charge in [-0.15, -0.1) is 10.2 Å². The van der Waals surface area contributed by atoms with E-state index in [0.717, 1.165) is 61.2 Å². The van der Waals surface area contributed by atoms with Gasteiger partial charge in [-0.2, -0.15) is 0 Å². The first-order chi connectivity index (χ1) is 12.1. The summed E-state index contributed by atoms with van der Waals surface area (Å²) in [5.41, 5.74) is 2.59. The maximum Gasteiger partial charge on any atom is 0.179 e. The average Bonchev–Trinajstić information content (AvgIpc) is 3.22. The summed E-state index contributed by atoms with van der Waals surface area (Å²) in [7, 11) is -2.86. The summed E-state index contributed by atoms with van der Waals surface area (Å²) in [6, 6.07) is 2.00. The first-order valence-corrected chi connectivity index (χ1v) is 10.7. The fraction of sp³-hybridized carbons (Fsp3) is 0.588. The highest BCUT2D eigenvalue weighted by atomic mass is 32.2. The predicted molar refractivity (Wildman–Crippen MR) is 94.1 cm³/mol. The Bertz CT molecular complexity index is 1030. The van der Waals surface area contributed by atoms with Crippen LogP contribution in [0.15, 0.2) is 18.5 Å². The third-order valence-corrected chi connectivity index (χ3v) is 8.10. The van der Waals surface area contributed by atoms with Gasteiger partial charge in [-0.3, -0.25) is 4.40 Å². The molecule has 2 aliphatic rings. The molecule has 5 rings (SSSR count). The molecular weight excluding hydrogens is 338 g/mol. The van der Waals surface area contributed by atoms with E-state index in [4.69, 9.17) is 0 Å². The Morgan fingerprint density at radius 2 is 1.92 bits per heavy atom. The third kappa shape index (κ3) is 2.63. The smallest absolute Gasteiger partial charge is 0.179 e. The van der Waals surface area contributed by atoms with E-state index in [1.54, 1.807) is 6.20 Å². The molecule has 3 heterocycles. The van der Waals surface area contributed by atoms with Crippen LogP contribution in [0.1, 0.15) is 50.3 Å². The van der Waals surface area contributed by atoms with Gasteiger partial charge in [0.1, 0.15) is 5.82 Å². The molecule has 1 N–H and O–H groups in total. The van der Waals surface area contributed by atoms with Crippen LogP contribution in [-0.2, 0) is 9.84 Å². The Kier molecular flexibility index (Phi) is 3.38. The molecule has 0 spiro atoms. The van der Waals surface area contributed by atoms with Gasteiger partial charge in [-0.1, -0.05) is 0 Å². The standard InChI is InChI=1S/C17H21N5O2S/c23-25(24,13-5-6-13)10-11-1-3-12(4-2-11)17-21-20-15-9-19-16-14(22(15)17)7-8-18-16/h7-9,11-13,18H,1-6,10H2. The second kappa shape index (κ2) is 5.52. The van der Waals surface area contributed by atoms with E-state index < -0.39 is 9.84 Å². The number of nitrogens with zero attached hydrogens (tertiary/aromatic N) is 4. The second-order valence-electron chi connectivity index (χ2n) is 7.47. The number of aromatic nitrogens is 5. The van der Waals surface area contributed by atoms with Crippen molar-refractivity contribution in [3.63, 3.8) is 0 Å². The number of rotatable bonds is 4. The predicted octanol–water partition coefficient (Wildman–Crippen LogP) is 2.46. The van der Waals surface area contributed by atoms with E-state index in [9.17, 15) is 8.42 Å². The summed E-state index contributed by atoms with van der Waals surface area (Å²) in [5.74, 6) is 1.98. The monoisotopic (exact) mass is 359 g/mol. The molecule has 0 radical (unpaired) electrons. The van der Waals surface area contributed by atoms with Crippen LogP contribution in [0.5, 0.6) is 0 Å². The fourth-order valence-electron chi connectivity index (χ4n) is 4.14. The van der Waals surface area contributed by atoms with Gasteiger partial charge >= 0.3 is 0 Å². The maximum absolute atomic E-state index is 12.2. The van der Waals surface area contributed by atoms with Crippen LogP contribution in [-0.4, -0.2) is 44.0 Å². The first-order valence-electron chi connectivity index (χ1n) is 9.00. The van der Waals surface area contributed by atoms with Crippen molar-refractivity contribution in [2.45, 2.75) is 49.7 Å². The third-order valence-electron chi connectivity index (χ3n) is 5.68. The van der Waals surface area contributed by atoms with Gasteiger partial charge in [0.15, 0.2) is 21.1 Å². The summed E-state index contributed by atoms with van der Waals surface area (Å²) >= 11 is 0. The van der Waals surface area contributed by atoms with Crippen LogP contribution in [0.2, 0.25) is 0 Å². The van der Waals surface area contributed by atoms with Gasteiger partial charge in [0.25, 0.3) is 0 Å². The van der Waals surface area contributed by atoms with Crippen LogP contribution in [0.3, 0.4) is 0 Å². The average molecular weight is 359 g/mol. The molecule has 8 heteroatoms. The lowest BCUT2D eigenvalue weighted by molar-refractivity contribution is 0.339. The zero-order valence-electron chi connectivity index (χ0n) is 13.9. The van der Waals surface area contributed by atoms with Crippen molar-refractivity contribution >= 4 is 26.6 Å². The van der Waals surface area contributed by atoms with Crippen LogP contribution in [0, 0.1) is 5.92 Å². The van der Waals surface area contributed by atoms with Gasteiger partial charge in [0.2, 0.25) is 0 Å². The van der Waals surface area contributed by atoms with Crippen molar-refractivity contribution in [1.29, 1.82) is 0 Å². The molecule has 0 bridgehead atoms. The Balaban J connectivity index is 1.37. The number of nitrogens with one attached hydrogen (secondary N) is 1. The number of sulfone groups is 1. The number of hydrogen-bond donors (Lipinski definition) is 1. The van der Waals surface area contributed by atoms with Crippen molar-refractivity contribution in [3.8, 4) is 0 Å². The molecule has 2 aliphatic carbocycles. The molecule has 25 heavy (non-hydrogen) atoms. The summed E-state index contributed by atoms with van der Waals surface area (Å²) in [5, 5.41) is 8.66. The van der Waals surface area contributed by atoms with Crippen LogP contribution in [0.4, 0.5) is 0 Å². The summed E-state index contributed by atoms with van der Waals surface area (Å²) in [4.78, 5) is 7.48. The lowest BCUT2D eigenvalue weighted by Gasteiger charge is -2.27. The second-order valence-corrected chi connectivity index (χ2v) is 9.79. The summed E-state index contributed by atoms with van der Waals surface area (Å²) < 4.78 is 26.5. The number of hydrogen-bond acceptors (Lipinski definition) is 5. The molecule has 132 valence electrons. The van der Waals surface area contributed by atoms with Crippen molar-refractivity contribution in [2.75, 3.05) is 5.75 Å². The largest absolute Gasteiger partial charge is 0.345 e. The fourth-order valence-corrected chi connectivity index (χ4v) is 6.26. The number of fused-ring (bicyclic) bond motifs is 3. The Morgan fingerprint density at radius 3 is 2.68 bits per heavy atom. The van der Waals surface area contributed by atoms with Crippen molar-refractivity contribution in [1.82, 2.24) is 24.6 Å². The minimum absolute atomic E-state index is 0.0416. The zero-order valence-corrected chi connectivity index (χ0v) is 14.7. The SMILES string of the molecule is O=S(=O)(CC1CCC(c2nnc3cnc4[nH]ccc4n23)CC1)C1CC1. The molecule has 2 fully saturated rings. The van der Waals surface area contributed by atoms with E-state index in [1.165, 1.54) is 0 Å². The zero-order chi connectivity index (χ0) is 17.0. The minimum atomic E-state index is -2.86. The minimum Gasteiger partial charge on any atom is -0.345 e. The normalized spacial score (nSPS) is 25.0. The molecular formula is C17H21N5O2S. The lowest BCUT2D eigenvalue weighted by atomic mass is 9.82. The van der Waals surface area contributed by atoms with E-state index in [1.807, 2.05) is 12.3 Å². The van der Waals surface area contributed by atoms with Gasteiger partial charge in [0, 0.05) is 12.1 Å². The Hall–Kier alpha value is -1.96. The van der Waals surface area contributed by atoms with E-state index in [-0.39, 0.29) is 5.25 Å². The van der Waals surface area contributed by atoms with Crippen molar-refractivity contribution < 1.29 is 8.42 Å². The van der Waals surface area contributed by atoms with Gasteiger partial charge in [0.05, 0.1) is 22.7 Å². The van der Waals surface area contributed by atoms with Crippen molar-refractivity contribution in [3.05, 3.63) is 24.3 Å². The molecule has 0 unspecified atom stereocenters. The highest BCUT2D eigenvalue weighted by molar-refractivity contribution is 7.92. The molecule has 2 saturated carbocycles. The molecule has 0 aliphatic heterocycles. The van der Waals surface area contributed by atoms with Gasteiger partial charge in [-0.05, 0) is 50.5 Å². The first kappa shape index (κ1) is 15.3. The molecule has 0 atom stereocenters. The molecule has 0 amide bonds. The number of H-pyrrole nitrogens is 1. The highest BCUT2D eigenvalue weighted by Gasteiger charge is 2.38. The van der Waals surface area contributed by atoms with E-state index in [0.29, 0.717) is 17.6 Å². The van der Waals surface area contributed by atoms with Gasteiger partial charge in [-0.25, -0.2) is 13.4 Å². The Morgan fingerprint density at radius 1 is 1.12 bits per heavy atom. The Labute approximate surface area is 145 Å². The molecule has 0 aromatic carbocycles. The lowest BCUT2D eigenvalue weighted by Crippen LogP contribution is -2.24. The van der Waals surface area contributed by atoms with E-state index >= 15 is 0 Å². The van der Waals surface area contributed by atoms with Crippen LogP contribution < -0.4 is 0 Å². The molecule has 3 aromatic rings. The van der Waals surface area contributed by atoms with Gasteiger partial charge < -0.3 is 4.98 Å². The maximum atomic E-state index is 12.2. The topological polar surface area (TPSA) is 93.0 Å². The van der Waals surface area contributed by atoms with E-state index in [2.05, 4.69) is 24.6 Å². The quantitative estimate of drug-likeness (QED) is 0.772. The molecule has 7 nitrogen and oxygen atoms in total.